The highest BCUT2D eigenvalue weighted by Gasteiger charge is 2.18. The lowest BCUT2D eigenvalue weighted by molar-refractivity contribution is -0.384. The number of nitrogens with one attached hydrogen (secondary N) is 1. The maximum atomic E-state index is 12.0. The summed E-state index contributed by atoms with van der Waals surface area (Å²) in [6, 6.07) is 11.7. The third-order valence-electron chi connectivity index (χ3n) is 2.74. The maximum Gasteiger partial charge on any atom is 0.488 e. The Morgan fingerprint density at radius 2 is 1.81 bits per heavy atom. The third kappa shape index (κ3) is 3.65. The van der Waals surface area contributed by atoms with Crippen LogP contribution in [0.1, 0.15) is 10.4 Å². The van der Waals surface area contributed by atoms with Crippen molar-refractivity contribution >= 4 is 29.9 Å². The zero-order valence-electron chi connectivity index (χ0n) is 10.8. The van der Waals surface area contributed by atoms with E-state index >= 15 is 0 Å². The van der Waals surface area contributed by atoms with Crippen LogP contribution in [0.4, 0.5) is 11.4 Å². The SMILES string of the molecule is O=C(Nc1cc(B(O)O)cc([N+](=O)[O-])c1)c1ccccc1. The molecule has 1 amide bonds. The Bertz CT molecular complexity index is 676. The molecule has 0 fully saturated rings. The monoisotopic (exact) mass is 286 g/mol. The van der Waals surface area contributed by atoms with E-state index in [1.165, 1.54) is 6.07 Å². The lowest BCUT2D eigenvalue weighted by Gasteiger charge is -2.07. The van der Waals surface area contributed by atoms with Gasteiger partial charge in [-0.2, -0.15) is 0 Å². The van der Waals surface area contributed by atoms with E-state index < -0.39 is 17.9 Å². The second-order valence-electron chi connectivity index (χ2n) is 4.26. The van der Waals surface area contributed by atoms with Gasteiger partial charge in [-0.15, -0.1) is 0 Å². The average Bonchev–Trinajstić information content (AvgIpc) is 2.47. The van der Waals surface area contributed by atoms with Gasteiger partial charge in [0.25, 0.3) is 11.6 Å². The predicted octanol–water partition coefficient (Wildman–Crippen LogP) is 0.527. The van der Waals surface area contributed by atoms with E-state index in [-0.39, 0.29) is 16.8 Å². The molecule has 0 saturated carbocycles. The van der Waals surface area contributed by atoms with Gasteiger partial charge in [0.15, 0.2) is 0 Å². The van der Waals surface area contributed by atoms with Crippen molar-refractivity contribution in [1.29, 1.82) is 0 Å². The molecule has 2 rings (SSSR count). The highest BCUT2D eigenvalue weighted by atomic mass is 16.6. The number of carbonyl (C=O) groups is 1. The Hall–Kier alpha value is -2.71. The summed E-state index contributed by atoms with van der Waals surface area (Å²) in [5.41, 5.74) is 0.0766. The highest BCUT2D eigenvalue weighted by molar-refractivity contribution is 6.58. The summed E-state index contributed by atoms with van der Waals surface area (Å²) in [7, 11) is -1.86. The van der Waals surface area contributed by atoms with E-state index in [1.807, 2.05) is 0 Å². The van der Waals surface area contributed by atoms with E-state index in [1.54, 1.807) is 30.3 Å². The number of hydrogen-bond donors (Lipinski definition) is 3. The van der Waals surface area contributed by atoms with Crippen LogP contribution in [0.5, 0.6) is 0 Å². The molecule has 106 valence electrons. The van der Waals surface area contributed by atoms with Crippen LogP contribution >= 0.6 is 0 Å². The fraction of sp³-hybridized carbons (Fsp3) is 0. The molecule has 0 saturated heterocycles. The van der Waals surface area contributed by atoms with Gasteiger partial charge in [0, 0.05) is 23.4 Å². The molecule has 21 heavy (non-hydrogen) atoms. The minimum Gasteiger partial charge on any atom is -0.423 e. The number of rotatable bonds is 4. The van der Waals surface area contributed by atoms with Crippen molar-refractivity contribution in [2.45, 2.75) is 0 Å². The van der Waals surface area contributed by atoms with Gasteiger partial charge in [0.05, 0.1) is 4.92 Å². The van der Waals surface area contributed by atoms with Crippen molar-refractivity contribution in [3.8, 4) is 0 Å². The molecule has 0 atom stereocenters. The molecule has 3 N–H and O–H groups in total. The summed E-state index contributed by atoms with van der Waals surface area (Å²) in [5, 5.41) is 31.5. The zero-order chi connectivity index (χ0) is 15.4. The second-order valence-corrected chi connectivity index (χ2v) is 4.26. The zero-order valence-corrected chi connectivity index (χ0v) is 10.8. The molecule has 2 aromatic carbocycles. The van der Waals surface area contributed by atoms with Gasteiger partial charge in [0.2, 0.25) is 0 Å². The van der Waals surface area contributed by atoms with Gasteiger partial charge in [-0.1, -0.05) is 18.2 Å². The predicted molar refractivity (Wildman–Crippen MR) is 77.3 cm³/mol. The first-order valence-corrected chi connectivity index (χ1v) is 5.99. The summed E-state index contributed by atoms with van der Waals surface area (Å²) in [5.74, 6) is -0.450. The van der Waals surface area contributed by atoms with E-state index in [2.05, 4.69) is 5.32 Å². The smallest absolute Gasteiger partial charge is 0.423 e. The topological polar surface area (TPSA) is 113 Å². The minimum absolute atomic E-state index is 0.0763. The van der Waals surface area contributed by atoms with Gasteiger partial charge in [0.1, 0.15) is 0 Å². The largest absolute Gasteiger partial charge is 0.488 e. The van der Waals surface area contributed by atoms with Crippen LogP contribution in [-0.2, 0) is 0 Å². The van der Waals surface area contributed by atoms with Crippen molar-refractivity contribution in [2.24, 2.45) is 0 Å². The normalized spacial score (nSPS) is 10.0. The van der Waals surface area contributed by atoms with Crippen LogP contribution in [0.3, 0.4) is 0 Å². The summed E-state index contributed by atoms with van der Waals surface area (Å²) in [4.78, 5) is 22.1. The van der Waals surface area contributed by atoms with Crippen LogP contribution in [0.25, 0.3) is 0 Å². The minimum atomic E-state index is -1.86. The Balaban J connectivity index is 2.31. The van der Waals surface area contributed by atoms with Crippen molar-refractivity contribution in [3.63, 3.8) is 0 Å². The van der Waals surface area contributed by atoms with Gasteiger partial charge >= 0.3 is 7.12 Å². The number of carbonyl (C=O) groups excluding carboxylic acids is 1. The van der Waals surface area contributed by atoms with Gasteiger partial charge in [-0.25, -0.2) is 0 Å². The summed E-state index contributed by atoms with van der Waals surface area (Å²) in [6.45, 7) is 0. The third-order valence-corrected chi connectivity index (χ3v) is 2.74. The number of amides is 1. The quantitative estimate of drug-likeness (QED) is 0.431. The van der Waals surface area contributed by atoms with Crippen molar-refractivity contribution in [3.05, 3.63) is 64.2 Å². The molecular weight excluding hydrogens is 275 g/mol. The first-order valence-electron chi connectivity index (χ1n) is 5.99. The van der Waals surface area contributed by atoms with Crippen LogP contribution in [-0.4, -0.2) is 28.0 Å². The lowest BCUT2D eigenvalue weighted by atomic mass is 9.80. The molecule has 7 nitrogen and oxygen atoms in total. The summed E-state index contributed by atoms with van der Waals surface area (Å²) < 4.78 is 0. The van der Waals surface area contributed by atoms with Crippen molar-refractivity contribution in [1.82, 2.24) is 0 Å². The molecule has 0 bridgehead atoms. The molecule has 0 unspecified atom stereocenters. The molecule has 0 aromatic heterocycles. The Morgan fingerprint density at radius 3 is 2.38 bits per heavy atom. The summed E-state index contributed by atoms with van der Waals surface area (Å²) in [6.07, 6.45) is 0. The first-order chi connectivity index (χ1) is 9.97. The number of anilines is 1. The fourth-order valence-electron chi connectivity index (χ4n) is 1.75. The van der Waals surface area contributed by atoms with E-state index in [0.717, 1.165) is 12.1 Å². The van der Waals surface area contributed by atoms with Gasteiger partial charge in [-0.3, -0.25) is 14.9 Å². The lowest BCUT2D eigenvalue weighted by Crippen LogP contribution is -2.30. The van der Waals surface area contributed by atoms with Crippen molar-refractivity contribution < 1.29 is 19.8 Å². The molecule has 0 spiro atoms. The number of nitrogens with zero attached hydrogens (tertiary/aromatic N) is 1. The van der Waals surface area contributed by atoms with Crippen molar-refractivity contribution in [2.75, 3.05) is 5.32 Å². The van der Waals surface area contributed by atoms with Crippen LogP contribution in [0, 0.1) is 10.1 Å². The number of benzene rings is 2. The molecule has 0 heterocycles. The number of non-ortho nitro benzene ring substituents is 1. The van der Waals surface area contributed by atoms with Gasteiger partial charge in [-0.05, 0) is 23.7 Å². The molecule has 0 aliphatic rings. The van der Waals surface area contributed by atoms with Crippen LogP contribution < -0.4 is 10.8 Å². The maximum absolute atomic E-state index is 12.0. The molecule has 2 aromatic rings. The number of nitro benzene ring substituents is 1. The summed E-state index contributed by atoms with van der Waals surface area (Å²) >= 11 is 0. The van der Waals surface area contributed by atoms with Crippen LogP contribution in [0.15, 0.2) is 48.5 Å². The Kier molecular flexibility index (Phi) is 4.31. The molecule has 0 radical (unpaired) electrons. The molecule has 0 aliphatic heterocycles. The highest BCUT2D eigenvalue weighted by Crippen LogP contribution is 2.17. The number of hydrogen-bond acceptors (Lipinski definition) is 5. The molecule has 0 aliphatic carbocycles. The first kappa shape index (κ1) is 14.7. The van der Waals surface area contributed by atoms with Gasteiger partial charge < -0.3 is 15.4 Å². The fourth-order valence-corrected chi connectivity index (χ4v) is 1.75. The standard InChI is InChI=1S/C13H11BN2O5/c17-13(9-4-2-1-3-5-9)15-11-6-10(14(18)19)7-12(8-11)16(20)21/h1-8,18-19H,(H,15,17). The Morgan fingerprint density at radius 1 is 1.14 bits per heavy atom. The number of nitro groups is 1. The second kappa shape index (κ2) is 6.16. The van der Waals surface area contributed by atoms with E-state index in [0.29, 0.717) is 5.56 Å². The average molecular weight is 286 g/mol. The van der Waals surface area contributed by atoms with E-state index in [4.69, 9.17) is 10.0 Å². The van der Waals surface area contributed by atoms with E-state index in [9.17, 15) is 14.9 Å². The molecular formula is C13H11BN2O5. The molecule has 8 heteroatoms. The van der Waals surface area contributed by atoms with Crippen LogP contribution in [0.2, 0.25) is 0 Å². The Labute approximate surface area is 120 Å².